The van der Waals surface area contributed by atoms with E-state index >= 15 is 0 Å². The Balaban J connectivity index is 1.77. The van der Waals surface area contributed by atoms with Crippen LogP contribution in [-0.4, -0.2) is 27.7 Å². The molecule has 1 heterocycles. The lowest BCUT2D eigenvalue weighted by molar-refractivity contribution is 0.102. The van der Waals surface area contributed by atoms with Gasteiger partial charge in [-0.25, -0.2) is 4.98 Å². The summed E-state index contributed by atoms with van der Waals surface area (Å²) < 4.78 is 7.48. The van der Waals surface area contributed by atoms with Gasteiger partial charge in [0.05, 0.1) is 33.4 Å². The topological polar surface area (TPSA) is 44.1 Å². The predicted octanol–water partition coefficient (Wildman–Crippen LogP) is 5.25. The minimum atomic E-state index is -0.0226. The van der Waals surface area contributed by atoms with Crippen molar-refractivity contribution in [2.45, 2.75) is 12.1 Å². The predicted molar refractivity (Wildman–Crippen MR) is 103 cm³/mol. The van der Waals surface area contributed by atoms with Crippen LogP contribution in [-0.2, 0) is 7.05 Å². The van der Waals surface area contributed by atoms with Gasteiger partial charge in [0, 0.05) is 18.7 Å². The monoisotopic (exact) mass is 394 g/mol. The zero-order valence-corrected chi connectivity index (χ0v) is 16.1. The molecular weight excluding hydrogens is 379 g/mol. The molecule has 3 aromatic rings. The number of ketones is 1. The molecule has 0 aliphatic carbocycles. The first-order valence-corrected chi connectivity index (χ1v) is 9.44. The summed E-state index contributed by atoms with van der Waals surface area (Å²) in [5.74, 6) is 1.04. The summed E-state index contributed by atoms with van der Waals surface area (Å²) in [5.41, 5.74) is 2.38. The summed E-state index contributed by atoms with van der Waals surface area (Å²) in [4.78, 5) is 17.0. The number of aryl methyl sites for hydroxylation is 1. The highest BCUT2D eigenvalue weighted by atomic mass is 35.5. The molecule has 0 fully saturated rings. The van der Waals surface area contributed by atoms with Crippen molar-refractivity contribution in [2.24, 2.45) is 7.05 Å². The fourth-order valence-corrected chi connectivity index (χ4v) is 3.61. The number of halogens is 2. The molecule has 0 atom stereocenters. The number of benzene rings is 2. The summed E-state index contributed by atoms with van der Waals surface area (Å²) in [5, 5.41) is 1.59. The number of hydrogen-bond donors (Lipinski definition) is 0. The van der Waals surface area contributed by atoms with E-state index in [0.717, 1.165) is 21.9 Å². The lowest BCUT2D eigenvalue weighted by Gasteiger charge is -2.04. The normalized spacial score (nSPS) is 11.0. The number of Topliss-reactive ketones (excluding diaryl/α,β-unsaturated/α-hetero) is 1. The molecule has 0 saturated heterocycles. The molecule has 7 heteroatoms. The van der Waals surface area contributed by atoms with Crippen LogP contribution < -0.4 is 4.74 Å². The SMILES string of the molecule is CCOc1ccc2c(c1)nc(SCC(=O)c1ccc(Cl)c(Cl)c1)n2C. The molecule has 0 unspecified atom stereocenters. The maximum absolute atomic E-state index is 12.4. The van der Waals surface area contributed by atoms with E-state index < -0.39 is 0 Å². The van der Waals surface area contributed by atoms with E-state index in [-0.39, 0.29) is 11.5 Å². The number of imidazole rings is 1. The highest BCUT2D eigenvalue weighted by Crippen LogP contribution is 2.27. The maximum atomic E-state index is 12.4. The van der Waals surface area contributed by atoms with Gasteiger partial charge in [-0.1, -0.05) is 35.0 Å². The van der Waals surface area contributed by atoms with Crippen molar-refractivity contribution in [2.75, 3.05) is 12.4 Å². The molecule has 2 aromatic carbocycles. The molecule has 0 N–H and O–H groups in total. The van der Waals surface area contributed by atoms with Gasteiger partial charge < -0.3 is 9.30 Å². The lowest BCUT2D eigenvalue weighted by atomic mass is 10.1. The second-order valence-electron chi connectivity index (χ2n) is 5.38. The van der Waals surface area contributed by atoms with E-state index in [2.05, 4.69) is 4.98 Å². The highest BCUT2D eigenvalue weighted by molar-refractivity contribution is 7.99. The van der Waals surface area contributed by atoms with Gasteiger partial charge in [0.25, 0.3) is 0 Å². The zero-order valence-electron chi connectivity index (χ0n) is 13.8. The lowest BCUT2D eigenvalue weighted by Crippen LogP contribution is -2.03. The van der Waals surface area contributed by atoms with Crippen molar-refractivity contribution in [1.82, 2.24) is 9.55 Å². The number of thioether (sulfide) groups is 1. The molecule has 1 aromatic heterocycles. The Morgan fingerprint density at radius 2 is 2.00 bits per heavy atom. The number of hydrogen-bond acceptors (Lipinski definition) is 4. The van der Waals surface area contributed by atoms with Gasteiger partial charge in [-0.3, -0.25) is 4.79 Å². The Kier molecular flexibility index (Phi) is 5.57. The molecule has 0 spiro atoms. The Labute approximate surface area is 160 Å². The minimum absolute atomic E-state index is 0.0226. The molecule has 130 valence electrons. The van der Waals surface area contributed by atoms with E-state index in [1.54, 1.807) is 18.2 Å². The van der Waals surface area contributed by atoms with Gasteiger partial charge in [-0.15, -0.1) is 0 Å². The Morgan fingerprint density at radius 3 is 2.72 bits per heavy atom. The highest BCUT2D eigenvalue weighted by Gasteiger charge is 2.13. The summed E-state index contributed by atoms with van der Waals surface area (Å²) >= 11 is 13.3. The van der Waals surface area contributed by atoms with E-state index in [0.29, 0.717) is 22.2 Å². The Hall–Kier alpha value is -1.69. The van der Waals surface area contributed by atoms with E-state index in [1.165, 1.54) is 11.8 Å². The number of carbonyl (C=O) groups is 1. The van der Waals surface area contributed by atoms with Crippen molar-refractivity contribution in [3.05, 3.63) is 52.0 Å². The van der Waals surface area contributed by atoms with Gasteiger partial charge in [0.15, 0.2) is 10.9 Å². The van der Waals surface area contributed by atoms with Crippen LogP contribution in [0, 0.1) is 0 Å². The van der Waals surface area contributed by atoms with Crippen LogP contribution in [0.4, 0.5) is 0 Å². The molecule has 25 heavy (non-hydrogen) atoms. The minimum Gasteiger partial charge on any atom is -0.494 e. The fraction of sp³-hybridized carbons (Fsp3) is 0.222. The van der Waals surface area contributed by atoms with Crippen molar-refractivity contribution in [3.8, 4) is 5.75 Å². The molecule has 3 rings (SSSR count). The standard InChI is InChI=1S/C18H16Cl2N2O2S/c1-3-24-12-5-7-16-15(9-12)21-18(22(16)2)25-10-17(23)11-4-6-13(19)14(20)8-11/h4-9H,3,10H2,1-2H3. The second kappa shape index (κ2) is 7.68. The summed E-state index contributed by atoms with van der Waals surface area (Å²) in [6.07, 6.45) is 0. The van der Waals surface area contributed by atoms with Crippen LogP contribution in [0.1, 0.15) is 17.3 Å². The van der Waals surface area contributed by atoms with Gasteiger partial charge in [-0.2, -0.15) is 0 Å². The fourth-order valence-electron chi connectivity index (χ4n) is 2.43. The molecular formula is C18H16Cl2N2O2S. The maximum Gasteiger partial charge on any atom is 0.173 e. The summed E-state index contributed by atoms with van der Waals surface area (Å²) in [6, 6.07) is 10.7. The third-order valence-corrected chi connectivity index (χ3v) is 5.47. The van der Waals surface area contributed by atoms with Crippen molar-refractivity contribution in [3.63, 3.8) is 0 Å². The van der Waals surface area contributed by atoms with Crippen LogP contribution >= 0.6 is 35.0 Å². The first-order chi connectivity index (χ1) is 12.0. The van der Waals surface area contributed by atoms with E-state index in [4.69, 9.17) is 27.9 Å². The van der Waals surface area contributed by atoms with Gasteiger partial charge in [0.1, 0.15) is 5.75 Å². The van der Waals surface area contributed by atoms with Crippen molar-refractivity contribution in [1.29, 1.82) is 0 Å². The molecule has 0 saturated carbocycles. The van der Waals surface area contributed by atoms with Gasteiger partial charge >= 0.3 is 0 Å². The van der Waals surface area contributed by atoms with Crippen molar-refractivity contribution < 1.29 is 9.53 Å². The first kappa shape index (κ1) is 18.1. The number of ether oxygens (including phenoxy) is 1. The van der Waals surface area contributed by atoms with Crippen LogP contribution in [0.25, 0.3) is 11.0 Å². The number of nitrogens with zero attached hydrogens (tertiary/aromatic N) is 2. The van der Waals surface area contributed by atoms with Crippen molar-refractivity contribution >= 4 is 51.8 Å². The van der Waals surface area contributed by atoms with E-state index in [9.17, 15) is 4.79 Å². The molecule has 0 bridgehead atoms. The Morgan fingerprint density at radius 1 is 1.20 bits per heavy atom. The molecule has 0 radical (unpaired) electrons. The Bertz CT molecular complexity index is 940. The molecule has 4 nitrogen and oxygen atoms in total. The van der Waals surface area contributed by atoms with Crippen LogP contribution in [0.15, 0.2) is 41.6 Å². The second-order valence-corrected chi connectivity index (χ2v) is 7.13. The molecule has 0 aliphatic heterocycles. The molecule has 0 amide bonds. The van der Waals surface area contributed by atoms with Gasteiger partial charge in [0.2, 0.25) is 0 Å². The summed E-state index contributed by atoms with van der Waals surface area (Å²) in [7, 11) is 1.93. The van der Waals surface area contributed by atoms with Gasteiger partial charge in [-0.05, 0) is 37.3 Å². The third-order valence-electron chi connectivity index (χ3n) is 3.70. The molecule has 0 aliphatic rings. The van der Waals surface area contributed by atoms with Crippen LogP contribution in [0.3, 0.4) is 0 Å². The summed E-state index contributed by atoms with van der Waals surface area (Å²) in [6.45, 7) is 2.55. The van der Waals surface area contributed by atoms with E-state index in [1.807, 2.05) is 36.7 Å². The number of carbonyl (C=O) groups excluding carboxylic acids is 1. The quantitative estimate of drug-likeness (QED) is 0.422. The average Bonchev–Trinajstić information content (AvgIpc) is 2.91. The number of aromatic nitrogens is 2. The number of rotatable bonds is 6. The zero-order chi connectivity index (χ0) is 18.0. The number of fused-ring (bicyclic) bond motifs is 1. The third kappa shape index (κ3) is 3.94. The first-order valence-electron chi connectivity index (χ1n) is 7.70. The van der Waals surface area contributed by atoms with Crippen LogP contribution in [0.2, 0.25) is 10.0 Å². The smallest absolute Gasteiger partial charge is 0.173 e. The average molecular weight is 395 g/mol. The van der Waals surface area contributed by atoms with Crippen LogP contribution in [0.5, 0.6) is 5.75 Å². The largest absolute Gasteiger partial charge is 0.494 e.